The molecule has 0 atom stereocenters. The summed E-state index contributed by atoms with van der Waals surface area (Å²) in [4.78, 5) is 12.3. The van der Waals surface area contributed by atoms with E-state index < -0.39 is 21.8 Å². The third-order valence-corrected chi connectivity index (χ3v) is 6.50. The molecule has 29 heavy (non-hydrogen) atoms. The van der Waals surface area contributed by atoms with Gasteiger partial charge in [0.15, 0.2) is 0 Å². The lowest BCUT2D eigenvalue weighted by Gasteiger charge is -2.18. The number of benzene rings is 2. The molecule has 1 N–H and O–H groups in total. The number of amides is 1. The molecular formula is C20H23F3N2O3S. The van der Waals surface area contributed by atoms with Crippen molar-refractivity contribution in [2.24, 2.45) is 0 Å². The predicted molar refractivity (Wildman–Crippen MR) is 104 cm³/mol. The minimum absolute atomic E-state index is 0.113. The molecule has 0 aliphatic heterocycles. The van der Waals surface area contributed by atoms with E-state index in [2.05, 4.69) is 5.32 Å². The quantitative estimate of drug-likeness (QED) is 0.697. The Morgan fingerprint density at radius 2 is 1.52 bits per heavy atom. The third kappa shape index (κ3) is 5.80. The number of sulfonamides is 1. The van der Waals surface area contributed by atoms with Crippen LogP contribution >= 0.6 is 0 Å². The summed E-state index contributed by atoms with van der Waals surface area (Å²) in [6.45, 7) is 4.44. The Bertz CT molecular complexity index is 921. The summed E-state index contributed by atoms with van der Waals surface area (Å²) in [5.74, 6) is -0.385. The van der Waals surface area contributed by atoms with Crippen molar-refractivity contribution >= 4 is 15.9 Å². The lowest BCUT2D eigenvalue weighted by Crippen LogP contribution is -2.30. The first kappa shape index (κ1) is 22.9. The van der Waals surface area contributed by atoms with Gasteiger partial charge in [-0.25, -0.2) is 8.42 Å². The summed E-state index contributed by atoms with van der Waals surface area (Å²) in [6, 6.07) is 10.4. The molecule has 0 bridgehead atoms. The zero-order chi connectivity index (χ0) is 21.7. The van der Waals surface area contributed by atoms with E-state index in [4.69, 9.17) is 0 Å². The molecule has 2 rings (SSSR count). The molecule has 0 fully saturated rings. The minimum atomic E-state index is -4.38. The minimum Gasteiger partial charge on any atom is -0.352 e. The van der Waals surface area contributed by atoms with Gasteiger partial charge in [0, 0.05) is 25.2 Å². The largest absolute Gasteiger partial charge is 0.416 e. The first-order chi connectivity index (χ1) is 13.6. The molecule has 0 radical (unpaired) electrons. The van der Waals surface area contributed by atoms with Gasteiger partial charge in [0.1, 0.15) is 0 Å². The van der Waals surface area contributed by atoms with Crippen LogP contribution in [0.4, 0.5) is 13.2 Å². The molecule has 0 heterocycles. The highest BCUT2D eigenvalue weighted by molar-refractivity contribution is 7.89. The Kier molecular flexibility index (Phi) is 7.43. The van der Waals surface area contributed by atoms with Crippen LogP contribution in [-0.2, 0) is 22.6 Å². The molecule has 0 spiro atoms. The van der Waals surface area contributed by atoms with E-state index in [0.29, 0.717) is 30.6 Å². The summed E-state index contributed by atoms with van der Waals surface area (Å²) in [6.07, 6.45) is -4.00. The highest BCUT2D eigenvalue weighted by Gasteiger charge is 2.29. The van der Waals surface area contributed by atoms with E-state index in [1.54, 1.807) is 13.8 Å². The van der Waals surface area contributed by atoms with Crippen molar-refractivity contribution in [2.75, 3.05) is 19.6 Å². The van der Waals surface area contributed by atoms with Gasteiger partial charge in [0.05, 0.1) is 10.5 Å². The lowest BCUT2D eigenvalue weighted by atomic mass is 10.1. The van der Waals surface area contributed by atoms with Crippen molar-refractivity contribution in [3.63, 3.8) is 0 Å². The Morgan fingerprint density at radius 3 is 2.00 bits per heavy atom. The average Bonchev–Trinajstić information content (AvgIpc) is 2.68. The van der Waals surface area contributed by atoms with E-state index in [1.165, 1.54) is 40.7 Å². The zero-order valence-corrected chi connectivity index (χ0v) is 17.0. The Balaban J connectivity index is 1.94. The summed E-state index contributed by atoms with van der Waals surface area (Å²) in [5.41, 5.74) is 0.250. The SMILES string of the molecule is CCN(CC)S(=O)(=O)c1ccc(C(=O)NCCc2ccc(C(F)(F)F)cc2)cc1. The van der Waals surface area contributed by atoms with Crippen molar-refractivity contribution in [1.29, 1.82) is 0 Å². The van der Waals surface area contributed by atoms with Crippen LogP contribution in [0.1, 0.15) is 35.3 Å². The molecular weight excluding hydrogens is 405 g/mol. The maximum Gasteiger partial charge on any atom is 0.416 e. The number of nitrogens with zero attached hydrogens (tertiary/aromatic N) is 1. The molecule has 0 aromatic heterocycles. The number of rotatable bonds is 8. The fourth-order valence-electron chi connectivity index (χ4n) is 2.77. The number of hydrogen-bond donors (Lipinski definition) is 1. The highest BCUT2D eigenvalue weighted by atomic mass is 32.2. The predicted octanol–water partition coefficient (Wildman–Crippen LogP) is 3.71. The van der Waals surface area contributed by atoms with Crippen LogP contribution in [-0.4, -0.2) is 38.3 Å². The van der Waals surface area contributed by atoms with Gasteiger partial charge in [-0.2, -0.15) is 17.5 Å². The number of hydrogen-bond acceptors (Lipinski definition) is 3. The summed E-state index contributed by atoms with van der Waals surface area (Å²) in [5, 5.41) is 2.67. The van der Waals surface area contributed by atoms with Crippen LogP contribution in [0.2, 0.25) is 0 Å². The second-order valence-corrected chi connectivity index (χ2v) is 8.25. The molecule has 0 unspecified atom stereocenters. The van der Waals surface area contributed by atoms with Crippen LogP contribution in [0.3, 0.4) is 0 Å². The molecule has 1 amide bonds. The molecule has 0 aliphatic rings. The second-order valence-electron chi connectivity index (χ2n) is 6.31. The van der Waals surface area contributed by atoms with E-state index >= 15 is 0 Å². The topological polar surface area (TPSA) is 66.5 Å². The van der Waals surface area contributed by atoms with Gasteiger partial charge >= 0.3 is 6.18 Å². The average molecular weight is 428 g/mol. The normalized spacial score (nSPS) is 12.2. The monoisotopic (exact) mass is 428 g/mol. The van der Waals surface area contributed by atoms with E-state index in [9.17, 15) is 26.4 Å². The second kappa shape index (κ2) is 9.41. The molecule has 5 nitrogen and oxygen atoms in total. The number of carbonyl (C=O) groups is 1. The van der Waals surface area contributed by atoms with Gasteiger partial charge in [-0.3, -0.25) is 4.79 Å². The van der Waals surface area contributed by atoms with Gasteiger partial charge < -0.3 is 5.32 Å². The van der Waals surface area contributed by atoms with Crippen LogP contribution in [0, 0.1) is 0 Å². The molecule has 2 aromatic carbocycles. The Morgan fingerprint density at radius 1 is 0.966 bits per heavy atom. The van der Waals surface area contributed by atoms with Crippen LogP contribution in [0.25, 0.3) is 0 Å². The van der Waals surface area contributed by atoms with Crippen LogP contribution in [0.15, 0.2) is 53.4 Å². The summed E-state index contributed by atoms with van der Waals surface area (Å²) in [7, 11) is -3.59. The van der Waals surface area contributed by atoms with Gasteiger partial charge in [-0.15, -0.1) is 0 Å². The number of nitrogens with one attached hydrogen (secondary N) is 1. The summed E-state index contributed by atoms with van der Waals surface area (Å²) < 4.78 is 63.9. The van der Waals surface area contributed by atoms with Gasteiger partial charge in [-0.1, -0.05) is 26.0 Å². The molecule has 0 aliphatic carbocycles. The van der Waals surface area contributed by atoms with E-state index in [0.717, 1.165) is 12.1 Å². The van der Waals surface area contributed by atoms with Crippen molar-refractivity contribution in [2.45, 2.75) is 31.3 Å². The Hall–Kier alpha value is -2.39. The number of alkyl halides is 3. The molecule has 0 saturated carbocycles. The molecule has 9 heteroatoms. The number of halogens is 3. The Labute approximate surface area is 168 Å². The highest BCUT2D eigenvalue weighted by Crippen LogP contribution is 2.29. The first-order valence-corrected chi connectivity index (χ1v) is 10.6. The lowest BCUT2D eigenvalue weighted by molar-refractivity contribution is -0.137. The third-order valence-electron chi connectivity index (χ3n) is 4.44. The molecule has 2 aromatic rings. The number of carbonyl (C=O) groups excluding carboxylic acids is 1. The van der Waals surface area contributed by atoms with Crippen LogP contribution in [0.5, 0.6) is 0 Å². The smallest absolute Gasteiger partial charge is 0.352 e. The van der Waals surface area contributed by atoms with Gasteiger partial charge in [0.2, 0.25) is 10.0 Å². The molecule has 0 saturated heterocycles. The standard InChI is InChI=1S/C20H23F3N2O3S/c1-3-25(4-2)29(27,28)18-11-7-16(8-12-18)19(26)24-14-13-15-5-9-17(10-6-15)20(21,22)23/h5-12H,3-4,13-14H2,1-2H3,(H,24,26). The maximum atomic E-state index is 12.6. The van der Waals surface area contributed by atoms with Crippen molar-refractivity contribution < 1.29 is 26.4 Å². The van der Waals surface area contributed by atoms with Crippen molar-refractivity contribution in [3.05, 3.63) is 65.2 Å². The van der Waals surface area contributed by atoms with Gasteiger partial charge in [0.25, 0.3) is 5.91 Å². The maximum absolute atomic E-state index is 12.6. The molecule has 158 valence electrons. The van der Waals surface area contributed by atoms with Gasteiger partial charge in [-0.05, 0) is 48.4 Å². The first-order valence-electron chi connectivity index (χ1n) is 9.14. The summed E-state index contributed by atoms with van der Waals surface area (Å²) >= 11 is 0. The zero-order valence-electron chi connectivity index (χ0n) is 16.2. The van der Waals surface area contributed by atoms with Crippen molar-refractivity contribution in [3.8, 4) is 0 Å². The fourth-order valence-corrected chi connectivity index (χ4v) is 4.23. The van der Waals surface area contributed by atoms with E-state index in [1.807, 2.05) is 0 Å². The van der Waals surface area contributed by atoms with Crippen molar-refractivity contribution in [1.82, 2.24) is 9.62 Å². The van der Waals surface area contributed by atoms with E-state index in [-0.39, 0.29) is 17.3 Å². The fraction of sp³-hybridized carbons (Fsp3) is 0.350. The van der Waals surface area contributed by atoms with Crippen LogP contribution < -0.4 is 5.32 Å².